The second-order valence-corrected chi connectivity index (χ2v) is 4.26. The molecular weight excluding hydrogens is 257 g/mol. The molecule has 0 amide bonds. The van der Waals surface area contributed by atoms with Gasteiger partial charge in [-0.05, 0) is 31.5 Å². The van der Waals surface area contributed by atoms with Crippen molar-refractivity contribution in [1.29, 1.82) is 0 Å². The lowest BCUT2D eigenvalue weighted by molar-refractivity contribution is 0.199. The molecular formula is C13H19ClFNO2. The van der Waals surface area contributed by atoms with Gasteiger partial charge >= 0.3 is 0 Å². The summed E-state index contributed by atoms with van der Waals surface area (Å²) in [5.41, 5.74) is 0. The quantitative estimate of drug-likeness (QED) is 0.703. The summed E-state index contributed by atoms with van der Waals surface area (Å²) in [6.07, 6.45) is 1.85. The molecule has 0 atom stereocenters. The van der Waals surface area contributed by atoms with Gasteiger partial charge in [-0.15, -0.1) is 0 Å². The Morgan fingerprint density at radius 3 is 2.83 bits per heavy atom. The molecule has 18 heavy (non-hydrogen) atoms. The molecule has 0 heterocycles. The van der Waals surface area contributed by atoms with Gasteiger partial charge in [0.15, 0.2) is 11.6 Å². The van der Waals surface area contributed by atoms with Crippen molar-refractivity contribution in [3.05, 3.63) is 29.0 Å². The van der Waals surface area contributed by atoms with Crippen molar-refractivity contribution in [3.8, 4) is 5.75 Å². The fourth-order valence-electron chi connectivity index (χ4n) is 1.43. The van der Waals surface area contributed by atoms with Gasteiger partial charge < -0.3 is 14.8 Å². The molecule has 0 aliphatic heterocycles. The zero-order valence-electron chi connectivity index (χ0n) is 10.5. The van der Waals surface area contributed by atoms with Crippen molar-refractivity contribution < 1.29 is 13.9 Å². The molecule has 1 rings (SSSR count). The van der Waals surface area contributed by atoms with Crippen LogP contribution in [0.3, 0.4) is 0 Å². The molecule has 3 nitrogen and oxygen atoms in total. The van der Waals surface area contributed by atoms with Crippen molar-refractivity contribution in [1.82, 2.24) is 5.32 Å². The Labute approximate surface area is 112 Å². The summed E-state index contributed by atoms with van der Waals surface area (Å²) in [7, 11) is 1.68. The van der Waals surface area contributed by atoms with E-state index in [-0.39, 0.29) is 10.8 Å². The molecule has 0 unspecified atom stereocenters. The zero-order chi connectivity index (χ0) is 13.2. The minimum atomic E-state index is -0.489. The molecule has 0 spiro atoms. The highest BCUT2D eigenvalue weighted by atomic mass is 35.5. The highest BCUT2D eigenvalue weighted by Gasteiger charge is 2.06. The van der Waals surface area contributed by atoms with Crippen molar-refractivity contribution >= 4 is 11.6 Å². The standard InChI is InChI=1S/C13H19ClFNO2/c1-17-10-8-16-7-2-3-9-18-12-6-4-5-11(14)13(12)15/h4-6,16H,2-3,7-10H2,1H3. The Morgan fingerprint density at radius 2 is 2.06 bits per heavy atom. The van der Waals surface area contributed by atoms with Gasteiger partial charge in [0.05, 0.1) is 18.2 Å². The van der Waals surface area contributed by atoms with Crippen LogP contribution in [0.15, 0.2) is 18.2 Å². The zero-order valence-corrected chi connectivity index (χ0v) is 11.3. The van der Waals surface area contributed by atoms with Crippen molar-refractivity contribution in [2.24, 2.45) is 0 Å². The first-order valence-electron chi connectivity index (χ1n) is 6.02. The highest BCUT2D eigenvalue weighted by molar-refractivity contribution is 6.30. The minimum absolute atomic E-state index is 0.0914. The van der Waals surface area contributed by atoms with E-state index in [0.717, 1.165) is 25.9 Å². The molecule has 0 radical (unpaired) electrons. The maximum Gasteiger partial charge on any atom is 0.183 e. The summed E-state index contributed by atoms with van der Waals surface area (Å²) in [6.45, 7) is 2.96. The third-order valence-corrected chi connectivity index (χ3v) is 2.70. The SMILES string of the molecule is COCCNCCCCOc1cccc(Cl)c1F. The predicted octanol–water partition coefficient (Wildman–Crippen LogP) is 2.87. The number of ether oxygens (including phenoxy) is 2. The van der Waals surface area contributed by atoms with E-state index in [1.54, 1.807) is 19.2 Å². The monoisotopic (exact) mass is 275 g/mol. The molecule has 0 bridgehead atoms. The first-order chi connectivity index (χ1) is 8.75. The van der Waals surface area contributed by atoms with E-state index >= 15 is 0 Å². The fourth-order valence-corrected chi connectivity index (χ4v) is 1.59. The van der Waals surface area contributed by atoms with E-state index < -0.39 is 5.82 Å². The lowest BCUT2D eigenvalue weighted by Gasteiger charge is -2.08. The van der Waals surface area contributed by atoms with Gasteiger partial charge in [0.2, 0.25) is 0 Å². The van der Waals surface area contributed by atoms with Crippen LogP contribution in [-0.2, 0) is 4.74 Å². The first-order valence-corrected chi connectivity index (χ1v) is 6.40. The maximum atomic E-state index is 13.4. The van der Waals surface area contributed by atoms with Crippen LogP contribution in [0.1, 0.15) is 12.8 Å². The Bertz CT molecular complexity index is 350. The molecule has 0 aliphatic rings. The van der Waals surface area contributed by atoms with Crippen LogP contribution in [-0.4, -0.2) is 33.4 Å². The van der Waals surface area contributed by atoms with Crippen LogP contribution in [0.25, 0.3) is 0 Å². The third kappa shape index (κ3) is 5.67. The van der Waals surface area contributed by atoms with Crippen molar-refractivity contribution in [2.75, 3.05) is 33.4 Å². The molecule has 102 valence electrons. The second kappa shape index (κ2) is 9.14. The summed E-state index contributed by atoms with van der Waals surface area (Å²) in [4.78, 5) is 0. The van der Waals surface area contributed by atoms with Crippen LogP contribution < -0.4 is 10.1 Å². The molecule has 0 aromatic heterocycles. The first kappa shape index (κ1) is 15.2. The molecule has 5 heteroatoms. The summed E-state index contributed by atoms with van der Waals surface area (Å²) in [6, 6.07) is 4.76. The molecule has 1 aromatic rings. The fraction of sp³-hybridized carbons (Fsp3) is 0.538. The summed E-state index contributed by atoms with van der Waals surface area (Å²) in [5.74, 6) is -0.271. The molecule has 0 saturated heterocycles. The summed E-state index contributed by atoms with van der Waals surface area (Å²) >= 11 is 5.65. The number of rotatable bonds is 9. The van der Waals surface area contributed by atoms with Gasteiger partial charge in [0.1, 0.15) is 0 Å². The Kier molecular flexibility index (Phi) is 7.73. The Balaban J connectivity index is 2.09. The van der Waals surface area contributed by atoms with E-state index in [2.05, 4.69) is 5.32 Å². The molecule has 1 aromatic carbocycles. The van der Waals surface area contributed by atoms with Crippen LogP contribution in [0.2, 0.25) is 5.02 Å². The van der Waals surface area contributed by atoms with Crippen LogP contribution in [0.5, 0.6) is 5.75 Å². The number of hydrogen-bond acceptors (Lipinski definition) is 3. The van der Waals surface area contributed by atoms with E-state index in [1.807, 2.05) is 0 Å². The predicted molar refractivity (Wildman–Crippen MR) is 70.9 cm³/mol. The number of halogens is 2. The topological polar surface area (TPSA) is 30.5 Å². The van der Waals surface area contributed by atoms with Gasteiger partial charge in [-0.25, -0.2) is 4.39 Å². The Hall–Kier alpha value is -0.840. The molecule has 1 N–H and O–H groups in total. The number of hydrogen-bond donors (Lipinski definition) is 1. The van der Waals surface area contributed by atoms with E-state index in [9.17, 15) is 4.39 Å². The Morgan fingerprint density at radius 1 is 1.22 bits per heavy atom. The average Bonchev–Trinajstić information content (AvgIpc) is 2.37. The lowest BCUT2D eigenvalue weighted by Crippen LogP contribution is -2.20. The van der Waals surface area contributed by atoms with E-state index in [1.165, 1.54) is 6.07 Å². The second-order valence-electron chi connectivity index (χ2n) is 3.85. The normalized spacial score (nSPS) is 10.6. The third-order valence-electron chi connectivity index (χ3n) is 2.40. The minimum Gasteiger partial charge on any atom is -0.490 e. The van der Waals surface area contributed by atoms with E-state index in [4.69, 9.17) is 21.1 Å². The lowest BCUT2D eigenvalue weighted by atomic mass is 10.3. The van der Waals surface area contributed by atoms with Crippen LogP contribution >= 0.6 is 11.6 Å². The van der Waals surface area contributed by atoms with E-state index in [0.29, 0.717) is 13.2 Å². The molecule has 0 saturated carbocycles. The largest absolute Gasteiger partial charge is 0.490 e. The van der Waals surface area contributed by atoms with Gasteiger partial charge in [0.25, 0.3) is 0 Å². The number of unbranched alkanes of at least 4 members (excludes halogenated alkanes) is 1. The highest BCUT2D eigenvalue weighted by Crippen LogP contribution is 2.24. The number of methoxy groups -OCH3 is 1. The van der Waals surface area contributed by atoms with Gasteiger partial charge in [-0.2, -0.15) is 0 Å². The summed E-state index contributed by atoms with van der Waals surface area (Å²) in [5, 5.41) is 3.32. The van der Waals surface area contributed by atoms with Crippen molar-refractivity contribution in [3.63, 3.8) is 0 Å². The number of nitrogens with one attached hydrogen (secondary N) is 1. The van der Waals surface area contributed by atoms with Gasteiger partial charge in [-0.3, -0.25) is 0 Å². The average molecular weight is 276 g/mol. The van der Waals surface area contributed by atoms with Gasteiger partial charge in [0, 0.05) is 13.7 Å². The van der Waals surface area contributed by atoms with Gasteiger partial charge in [-0.1, -0.05) is 17.7 Å². The van der Waals surface area contributed by atoms with Crippen LogP contribution in [0.4, 0.5) is 4.39 Å². The van der Waals surface area contributed by atoms with Crippen molar-refractivity contribution in [2.45, 2.75) is 12.8 Å². The smallest absolute Gasteiger partial charge is 0.183 e. The van der Waals surface area contributed by atoms with Crippen LogP contribution in [0, 0.1) is 5.82 Å². The summed E-state index contributed by atoms with van der Waals surface area (Å²) < 4.78 is 23.7. The molecule has 0 aliphatic carbocycles. The maximum absolute atomic E-state index is 13.4. The number of benzene rings is 1. The molecule has 0 fully saturated rings.